The van der Waals surface area contributed by atoms with Crippen LogP contribution < -0.4 is 56.5 Å². The Bertz CT molecular complexity index is 546. The van der Waals surface area contributed by atoms with Crippen LogP contribution >= 0.6 is 0 Å². The Labute approximate surface area is 340 Å². The average Bonchev–Trinajstić information content (AvgIpc) is 3.05. The Hall–Kier alpha value is 1.07. The van der Waals surface area contributed by atoms with E-state index in [2.05, 4.69) is 18.7 Å². The minimum atomic E-state index is -0.912. The van der Waals surface area contributed by atoms with Crippen LogP contribution in [-0.2, 0) is 4.79 Å². The number of hydrogen-bond acceptors (Lipinski definition) is 3. The normalized spacial score (nSPS) is 12.1. The Kier molecular flexibility index (Phi) is 46.2. The molecule has 0 aliphatic carbocycles. The van der Waals surface area contributed by atoms with E-state index >= 15 is 0 Å². The van der Waals surface area contributed by atoms with Crippen molar-refractivity contribution >= 4 is 5.97 Å². The van der Waals surface area contributed by atoms with Crippen LogP contribution in [-0.4, -0.2) is 30.0 Å². The summed E-state index contributed by atoms with van der Waals surface area (Å²) in [5, 5.41) is 11.6. The predicted molar refractivity (Wildman–Crippen MR) is 204 cm³/mol. The first-order valence-electron chi connectivity index (χ1n) is 21.6. The van der Waals surface area contributed by atoms with Crippen molar-refractivity contribution < 1.29 is 61.3 Å². The maximum atomic E-state index is 11.6. The summed E-state index contributed by atoms with van der Waals surface area (Å²) in [5.74, 6) is -0.912. The summed E-state index contributed by atoms with van der Waals surface area (Å²) in [6, 6.07) is -0.461. The maximum Gasteiger partial charge on any atom is 1.00 e. The molecule has 0 fully saturated rings. The van der Waals surface area contributed by atoms with Gasteiger partial charge in [-0.1, -0.05) is 232 Å². The van der Waals surface area contributed by atoms with E-state index in [1.54, 1.807) is 0 Å². The van der Waals surface area contributed by atoms with Crippen LogP contribution in [0.4, 0.5) is 0 Å². The van der Waals surface area contributed by atoms with Gasteiger partial charge in [-0.2, -0.15) is 0 Å². The molecular weight excluding hydrogens is 602 g/mol. The third-order valence-corrected chi connectivity index (χ3v) is 10.5. The van der Waals surface area contributed by atoms with E-state index in [1.807, 2.05) is 6.92 Å². The summed E-state index contributed by atoms with van der Waals surface area (Å²) in [5.41, 5.74) is 0. The molecule has 0 aromatic carbocycles. The van der Waals surface area contributed by atoms with Gasteiger partial charge < -0.3 is 9.90 Å². The second kappa shape index (κ2) is 43.2. The quantitative estimate of drug-likeness (QED) is 0.0476. The van der Waals surface area contributed by atoms with Crippen LogP contribution in [0.2, 0.25) is 0 Å². The molecule has 0 aromatic heterocycles. The first-order valence-corrected chi connectivity index (χ1v) is 21.6. The monoisotopic (exact) mass is 688 g/mol. The van der Waals surface area contributed by atoms with Gasteiger partial charge >= 0.3 is 51.4 Å². The number of unbranched alkanes of at least 4 members (excludes halogenated alkanes) is 34. The van der Waals surface area contributed by atoms with Crippen LogP contribution in [0, 0.1) is 0 Å². The Morgan fingerprint density at radius 1 is 0.383 bits per heavy atom. The molecule has 0 aliphatic rings. The van der Waals surface area contributed by atoms with E-state index in [4.69, 9.17) is 0 Å². The summed E-state index contributed by atoms with van der Waals surface area (Å²) in [6.45, 7) is 8.22. The van der Waals surface area contributed by atoms with Crippen LogP contribution in [0.3, 0.4) is 0 Å². The maximum absolute atomic E-state index is 11.6. The SMILES string of the molecule is CCCCCCCCCCCCCCCCCCCCN(CCCCCCCCCCCCCCCCCCCC)C(C)C(=O)[O-].[K+]. The van der Waals surface area contributed by atoms with E-state index in [0.29, 0.717) is 0 Å². The van der Waals surface area contributed by atoms with Gasteiger partial charge in [-0.05, 0) is 32.9 Å². The first kappa shape index (κ1) is 50.2. The number of rotatable bonds is 40. The molecular formula is C43H86KNO2. The van der Waals surface area contributed by atoms with Crippen molar-refractivity contribution in [3.8, 4) is 0 Å². The zero-order chi connectivity index (χ0) is 33.6. The van der Waals surface area contributed by atoms with Crippen molar-refractivity contribution in [2.24, 2.45) is 0 Å². The smallest absolute Gasteiger partial charge is 0.548 e. The molecule has 276 valence electrons. The zero-order valence-electron chi connectivity index (χ0n) is 33.2. The number of aliphatic carboxylic acids is 1. The fourth-order valence-electron chi connectivity index (χ4n) is 7.08. The van der Waals surface area contributed by atoms with E-state index in [9.17, 15) is 9.90 Å². The van der Waals surface area contributed by atoms with Crippen molar-refractivity contribution in [1.29, 1.82) is 0 Å². The Balaban J connectivity index is 0. The second-order valence-corrected chi connectivity index (χ2v) is 15.1. The van der Waals surface area contributed by atoms with E-state index in [0.717, 1.165) is 25.9 Å². The van der Waals surface area contributed by atoms with Gasteiger partial charge in [-0.25, -0.2) is 0 Å². The van der Waals surface area contributed by atoms with Crippen LogP contribution in [0.15, 0.2) is 0 Å². The van der Waals surface area contributed by atoms with Gasteiger partial charge in [0.1, 0.15) is 0 Å². The molecule has 47 heavy (non-hydrogen) atoms. The molecule has 0 rings (SSSR count). The van der Waals surface area contributed by atoms with Gasteiger partial charge in [0.05, 0.1) is 5.97 Å². The molecule has 0 spiro atoms. The summed E-state index contributed by atoms with van der Waals surface area (Å²) < 4.78 is 0. The number of carbonyl (C=O) groups is 1. The van der Waals surface area contributed by atoms with Crippen molar-refractivity contribution in [2.75, 3.05) is 13.1 Å². The molecule has 0 saturated carbocycles. The molecule has 0 aromatic rings. The molecule has 1 unspecified atom stereocenters. The fraction of sp³-hybridized carbons (Fsp3) is 0.977. The van der Waals surface area contributed by atoms with Crippen LogP contribution in [0.5, 0.6) is 0 Å². The van der Waals surface area contributed by atoms with Crippen molar-refractivity contribution in [3.63, 3.8) is 0 Å². The number of carboxylic acids is 1. The largest absolute Gasteiger partial charge is 1.00 e. The first-order chi connectivity index (χ1) is 22.6. The molecule has 0 saturated heterocycles. The van der Waals surface area contributed by atoms with Crippen molar-refractivity contribution in [2.45, 2.75) is 258 Å². The van der Waals surface area contributed by atoms with Gasteiger partial charge in [0, 0.05) is 6.04 Å². The average molecular weight is 688 g/mol. The van der Waals surface area contributed by atoms with E-state index in [1.165, 1.54) is 218 Å². The molecule has 3 nitrogen and oxygen atoms in total. The topological polar surface area (TPSA) is 43.4 Å². The Morgan fingerprint density at radius 3 is 0.723 bits per heavy atom. The second-order valence-electron chi connectivity index (χ2n) is 15.1. The third-order valence-electron chi connectivity index (χ3n) is 10.5. The number of nitrogens with zero attached hydrogens (tertiary/aromatic N) is 1. The van der Waals surface area contributed by atoms with Crippen LogP contribution in [0.25, 0.3) is 0 Å². The van der Waals surface area contributed by atoms with Gasteiger partial charge in [0.2, 0.25) is 0 Å². The van der Waals surface area contributed by atoms with Gasteiger partial charge in [-0.3, -0.25) is 4.90 Å². The Morgan fingerprint density at radius 2 is 0.553 bits per heavy atom. The fourth-order valence-corrected chi connectivity index (χ4v) is 7.08. The summed E-state index contributed by atoms with van der Waals surface area (Å²) in [4.78, 5) is 13.7. The number of hydrogen-bond donors (Lipinski definition) is 0. The molecule has 0 radical (unpaired) electrons. The zero-order valence-corrected chi connectivity index (χ0v) is 36.3. The van der Waals surface area contributed by atoms with Crippen LogP contribution in [0.1, 0.15) is 252 Å². The molecule has 0 N–H and O–H groups in total. The van der Waals surface area contributed by atoms with Gasteiger partial charge in [-0.15, -0.1) is 0 Å². The summed E-state index contributed by atoms with van der Waals surface area (Å²) >= 11 is 0. The number of carboxylic acid groups (broad SMARTS) is 1. The third kappa shape index (κ3) is 39.7. The van der Waals surface area contributed by atoms with Crippen molar-refractivity contribution in [1.82, 2.24) is 4.90 Å². The minimum absolute atomic E-state index is 0. The molecule has 0 aliphatic heterocycles. The van der Waals surface area contributed by atoms with Gasteiger partial charge in [0.15, 0.2) is 0 Å². The molecule has 0 heterocycles. The standard InChI is InChI=1S/C43H87NO2.K/c1-4-6-8-10-12-14-16-18-20-22-24-26-28-30-32-34-36-38-40-44(42(3)43(45)46)41-39-37-35-33-31-29-27-25-23-21-19-17-15-13-11-9-7-5-2;/h42H,4-41H2,1-3H3,(H,45,46);/q;+1/p-1. The molecule has 4 heteroatoms. The number of carbonyl (C=O) groups excluding carboxylic acids is 1. The molecule has 0 bridgehead atoms. The summed E-state index contributed by atoms with van der Waals surface area (Å²) in [6.07, 6.45) is 49.8. The van der Waals surface area contributed by atoms with Gasteiger partial charge in [0.25, 0.3) is 0 Å². The molecule has 1 atom stereocenters. The van der Waals surface area contributed by atoms with E-state index in [-0.39, 0.29) is 51.4 Å². The van der Waals surface area contributed by atoms with Crippen molar-refractivity contribution in [3.05, 3.63) is 0 Å². The predicted octanol–water partition coefficient (Wildman–Crippen LogP) is 10.5. The van der Waals surface area contributed by atoms with E-state index < -0.39 is 12.0 Å². The summed E-state index contributed by atoms with van der Waals surface area (Å²) in [7, 11) is 0. The minimum Gasteiger partial charge on any atom is -0.548 e. The molecule has 0 amide bonds.